The number of nitrogens with one attached hydrogen (secondary N) is 1. The Kier molecular flexibility index (Phi) is 6.03. The van der Waals surface area contributed by atoms with E-state index in [9.17, 15) is 9.59 Å². The number of benzene rings is 1. The predicted molar refractivity (Wildman–Crippen MR) is 80.5 cm³/mol. The topological polar surface area (TPSA) is 75.6 Å². The van der Waals surface area contributed by atoms with Crippen LogP contribution in [-0.4, -0.2) is 22.8 Å². The van der Waals surface area contributed by atoms with Crippen LogP contribution in [0, 0.1) is 0 Å². The highest BCUT2D eigenvalue weighted by Crippen LogP contribution is 2.18. The van der Waals surface area contributed by atoms with E-state index in [4.69, 9.17) is 21.4 Å². The van der Waals surface area contributed by atoms with Gasteiger partial charge in [0.15, 0.2) is 0 Å². The maximum Gasteiger partial charge on any atom is 0.407 e. The Morgan fingerprint density at radius 1 is 1.29 bits per heavy atom. The fraction of sp³-hybridized carbons (Fsp3) is 0.467. The van der Waals surface area contributed by atoms with Crippen molar-refractivity contribution in [3.8, 4) is 0 Å². The number of amides is 1. The number of alkyl carbamates (subject to hydrolysis) is 1. The molecule has 116 valence electrons. The van der Waals surface area contributed by atoms with Crippen LogP contribution in [0.25, 0.3) is 0 Å². The molecule has 0 fully saturated rings. The zero-order valence-corrected chi connectivity index (χ0v) is 13.2. The number of carbonyl (C=O) groups excluding carboxylic acids is 1. The molecule has 1 amide bonds. The van der Waals surface area contributed by atoms with Crippen molar-refractivity contribution in [1.29, 1.82) is 0 Å². The fourth-order valence-electron chi connectivity index (χ4n) is 1.72. The van der Waals surface area contributed by atoms with Gasteiger partial charge in [-0.15, -0.1) is 0 Å². The first-order valence-electron chi connectivity index (χ1n) is 6.63. The number of ether oxygens (including phenoxy) is 1. The second-order valence-corrected chi connectivity index (χ2v) is 6.10. The van der Waals surface area contributed by atoms with E-state index in [0.717, 1.165) is 11.1 Å². The summed E-state index contributed by atoms with van der Waals surface area (Å²) in [6, 6.07) is 5.20. The molecule has 0 saturated carbocycles. The highest BCUT2D eigenvalue weighted by Gasteiger charge is 2.16. The van der Waals surface area contributed by atoms with Gasteiger partial charge in [0.25, 0.3) is 0 Å². The van der Waals surface area contributed by atoms with Crippen molar-refractivity contribution in [3.05, 3.63) is 34.3 Å². The lowest BCUT2D eigenvalue weighted by Crippen LogP contribution is -2.32. The number of aliphatic carboxylic acids is 1. The molecule has 0 bridgehead atoms. The van der Waals surface area contributed by atoms with E-state index in [1.807, 2.05) is 0 Å². The van der Waals surface area contributed by atoms with Crippen LogP contribution in [0.2, 0.25) is 5.02 Å². The Balaban J connectivity index is 2.69. The van der Waals surface area contributed by atoms with E-state index >= 15 is 0 Å². The molecule has 0 aliphatic rings. The summed E-state index contributed by atoms with van der Waals surface area (Å²) in [5.41, 5.74) is 1.07. The largest absolute Gasteiger partial charge is 0.481 e. The van der Waals surface area contributed by atoms with Crippen LogP contribution in [0.1, 0.15) is 38.3 Å². The van der Waals surface area contributed by atoms with Crippen LogP contribution in [0.15, 0.2) is 18.2 Å². The summed E-state index contributed by atoms with van der Waals surface area (Å²) in [6.07, 6.45) is -0.136. The monoisotopic (exact) mass is 313 g/mol. The molecule has 5 nitrogen and oxygen atoms in total. The van der Waals surface area contributed by atoms with Gasteiger partial charge in [-0.2, -0.15) is 0 Å². The molecule has 0 saturated heterocycles. The lowest BCUT2D eigenvalue weighted by molar-refractivity contribution is -0.136. The number of aryl methyl sites for hydroxylation is 1. The van der Waals surface area contributed by atoms with Crippen molar-refractivity contribution < 1.29 is 19.4 Å². The van der Waals surface area contributed by atoms with Gasteiger partial charge in [-0.25, -0.2) is 4.79 Å². The van der Waals surface area contributed by atoms with E-state index in [1.165, 1.54) is 0 Å². The molecule has 6 heteroatoms. The highest BCUT2D eigenvalue weighted by atomic mass is 35.5. The van der Waals surface area contributed by atoms with E-state index < -0.39 is 17.7 Å². The van der Waals surface area contributed by atoms with Crippen LogP contribution >= 0.6 is 11.6 Å². The number of rotatable bonds is 5. The molecule has 0 aliphatic carbocycles. The molecule has 0 spiro atoms. The molecule has 0 heterocycles. The van der Waals surface area contributed by atoms with Gasteiger partial charge in [-0.3, -0.25) is 4.79 Å². The summed E-state index contributed by atoms with van der Waals surface area (Å²) in [5, 5.41) is 11.9. The van der Waals surface area contributed by atoms with Crippen molar-refractivity contribution in [2.45, 2.75) is 45.8 Å². The van der Waals surface area contributed by atoms with Gasteiger partial charge in [-0.05, 0) is 50.5 Å². The third kappa shape index (κ3) is 6.99. The summed E-state index contributed by atoms with van der Waals surface area (Å²) in [6.45, 7) is 5.62. The number of hydrogen-bond donors (Lipinski definition) is 2. The standard InChI is InChI=1S/C15H20ClNO4/c1-15(2,3)21-14(20)17-9-11-4-6-12(16)8-10(11)5-7-13(18)19/h4,6,8H,5,7,9H2,1-3H3,(H,17,20)(H,18,19). The van der Waals surface area contributed by atoms with Crippen molar-refractivity contribution in [2.75, 3.05) is 0 Å². The van der Waals surface area contributed by atoms with Gasteiger partial charge in [-0.1, -0.05) is 17.7 Å². The smallest absolute Gasteiger partial charge is 0.407 e. The summed E-state index contributed by atoms with van der Waals surface area (Å²) in [7, 11) is 0. The molecular weight excluding hydrogens is 294 g/mol. The molecule has 1 aromatic carbocycles. The minimum Gasteiger partial charge on any atom is -0.481 e. The summed E-state index contributed by atoms with van der Waals surface area (Å²) < 4.78 is 5.15. The lowest BCUT2D eigenvalue weighted by atomic mass is 10.0. The summed E-state index contributed by atoms with van der Waals surface area (Å²) in [5.74, 6) is -0.874. The van der Waals surface area contributed by atoms with Gasteiger partial charge in [0.1, 0.15) is 5.60 Å². The van der Waals surface area contributed by atoms with Crippen LogP contribution in [0.5, 0.6) is 0 Å². The predicted octanol–water partition coefficient (Wildman–Crippen LogP) is 3.38. The van der Waals surface area contributed by atoms with E-state index in [0.29, 0.717) is 11.4 Å². The second kappa shape index (κ2) is 7.31. The molecule has 0 aromatic heterocycles. The first kappa shape index (κ1) is 17.3. The van der Waals surface area contributed by atoms with E-state index in [1.54, 1.807) is 39.0 Å². The highest BCUT2D eigenvalue weighted by molar-refractivity contribution is 6.30. The summed E-state index contributed by atoms with van der Waals surface area (Å²) in [4.78, 5) is 22.3. The molecule has 21 heavy (non-hydrogen) atoms. The molecule has 0 atom stereocenters. The maximum absolute atomic E-state index is 11.6. The van der Waals surface area contributed by atoms with E-state index in [-0.39, 0.29) is 13.0 Å². The third-order valence-corrected chi connectivity index (χ3v) is 2.83. The Hall–Kier alpha value is -1.75. The third-order valence-electron chi connectivity index (χ3n) is 2.60. The van der Waals surface area contributed by atoms with Crippen molar-refractivity contribution in [2.24, 2.45) is 0 Å². The van der Waals surface area contributed by atoms with Crippen molar-refractivity contribution in [1.82, 2.24) is 5.32 Å². The van der Waals surface area contributed by atoms with Crippen LogP contribution < -0.4 is 5.32 Å². The van der Waals surface area contributed by atoms with Crippen LogP contribution in [-0.2, 0) is 22.5 Å². The molecule has 0 radical (unpaired) electrons. The quantitative estimate of drug-likeness (QED) is 0.873. The first-order chi connectivity index (χ1) is 9.67. The molecule has 0 unspecified atom stereocenters. The number of carbonyl (C=O) groups is 2. The minimum absolute atomic E-state index is 0.0137. The Labute approximate surface area is 129 Å². The SMILES string of the molecule is CC(C)(C)OC(=O)NCc1ccc(Cl)cc1CCC(=O)O. The Morgan fingerprint density at radius 2 is 1.95 bits per heavy atom. The maximum atomic E-state index is 11.6. The zero-order chi connectivity index (χ0) is 16.0. The fourth-order valence-corrected chi connectivity index (χ4v) is 1.92. The normalized spacial score (nSPS) is 11.0. The Morgan fingerprint density at radius 3 is 2.52 bits per heavy atom. The first-order valence-corrected chi connectivity index (χ1v) is 7.01. The van der Waals surface area contributed by atoms with Crippen molar-refractivity contribution in [3.63, 3.8) is 0 Å². The number of carboxylic acids is 1. The molecule has 0 aliphatic heterocycles. The zero-order valence-electron chi connectivity index (χ0n) is 12.4. The van der Waals surface area contributed by atoms with Crippen LogP contribution in [0.3, 0.4) is 0 Å². The average Bonchev–Trinajstić information content (AvgIpc) is 2.33. The van der Waals surface area contributed by atoms with Gasteiger partial charge < -0.3 is 15.2 Å². The average molecular weight is 314 g/mol. The number of carboxylic acid groups (broad SMARTS) is 1. The van der Waals surface area contributed by atoms with Gasteiger partial charge in [0.2, 0.25) is 0 Å². The van der Waals surface area contributed by atoms with Crippen molar-refractivity contribution >= 4 is 23.7 Å². The van der Waals surface area contributed by atoms with Gasteiger partial charge >= 0.3 is 12.1 Å². The van der Waals surface area contributed by atoms with Gasteiger partial charge in [0.05, 0.1) is 0 Å². The number of halogens is 1. The molecule has 2 N–H and O–H groups in total. The summed E-state index contributed by atoms with van der Waals surface area (Å²) >= 11 is 5.92. The molecule has 1 aromatic rings. The lowest BCUT2D eigenvalue weighted by Gasteiger charge is -2.20. The van der Waals surface area contributed by atoms with Gasteiger partial charge in [0, 0.05) is 18.0 Å². The Bertz CT molecular complexity index is 523. The van der Waals surface area contributed by atoms with Crippen LogP contribution in [0.4, 0.5) is 4.79 Å². The molecular formula is C15H20ClNO4. The minimum atomic E-state index is -0.874. The number of hydrogen-bond acceptors (Lipinski definition) is 3. The molecule has 1 rings (SSSR count). The second-order valence-electron chi connectivity index (χ2n) is 5.66. The van der Waals surface area contributed by atoms with E-state index in [2.05, 4.69) is 5.32 Å².